The quantitative estimate of drug-likeness (QED) is 0.760. The third-order valence-electron chi connectivity index (χ3n) is 2.97. The molecule has 17 heavy (non-hydrogen) atoms. The molecule has 1 unspecified atom stereocenters. The maximum atomic E-state index is 11.7. The molecule has 1 heterocycles. The van der Waals surface area contributed by atoms with Gasteiger partial charge in [-0.25, -0.2) is 0 Å². The van der Waals surface area contributed by atoms with E-state index in [1.807, 2.05) is 37.4 Å². The number of benzene rings is 1. The Balaban J connectivity index is 2.57. The van der Waals surface area contributed by atoms with Gasteiger partial charge in [0.15, 0.2) is 0 Å². The molecule has 1 aromatic heterocycles. The number of esters is 1. The fourth-order valence-electron chi connectivity index (χ4n) is 2.07. The molecule has 1 atom stereocenters. The summed E-state index contributed by atoms with van der Waals surface area (Å²) in [5, 5.41) is 2.12. The van der Waals surface area contributed by atoms with E-state index >= 15 is 0 Å². The molecular weight excluding hydrogens is 214 g/mol. The van der Waals surface area contributed by atoms with E-state index < -0.39 is 0 Å². The van der Waals surface area contributed by atoms with Crippen LogP contribution in [-0.4, -0.2) is 18.1 Å². The molecule has 2 rings (SSSR count). The summed E-state index contributed by atoms with van der Waals surface area (Å²) in [7, 11) is 1.42. The van der Waals surface area contributed by atoms with Crippen LogP contribution in [0.15, 0.2) is 36.7 Å². The SMILES string of the molecule is CCC(C(=O)OC)c1cncc2ccccc12. The topological polar surface area (TPSA) is 39.2 Å². The van der Waals surface area contributed by atoms with Gasteiger partial charge in [-0.2, -0.15) is 0 Å². The summed E-state index contributed by atoms with van der Waals surface area (Å²) in [6.45, 7) is 1.98. The van der Waals surface area contributed by atoms with Crippen LogP contribution in [0.25, 0.3) is 10.8 Å². The van der Waals surface area contributed by atoms with Crippen molar-refractivity contribution in [1.82, 2.24) is 4.98 Å². The van der Waals surface area contributed by atoms with E-state index in [2.05, 4.69) is 4.98 Å². The number of methoxy groups -OCH3 is 1. The molecule has 1 aromatic carbocycles. The predicted octanol–water partition coefficient (Wildman–Crippen LogP) is 2.90. The molecule has 0 bridgehead atoms. The number of pyridine rings is 1. The minimum absolute atomic E-state index is 0.203. The van der Waals surface area contributed by atoms with E-state index in [-0.39, 0.29) is 11.9 Å². The van der Waals surface area contributed by atoms with Gasteiger partial charge in [-0.3, -0.25) is 9.78 Å². The summed E-state index contributed by atoms with van der Waals surface area (Å²) in [4.78, 5) is 15.9. The lowest BCUT2D eigenvalue weighted by Crippen LogP contribution is -2.14. The van der Waals surface area contributed by atoms with Gasteiger partial charge in [0.05, 0.1) is 13.0 Å². The molecule has 0 spiro atoms. The number of fused-ring (bicyclic) bond motifs is 1. The summed E-state index contributed by atoms with van der Waals surface area (Å²) in [5.41, 5.74) is 0.942. The van der Waals surface area contributed by atoms with Gasteiger partial charge in [-0.05, 0) is 17.4 Å². The van der Waals surface area contributed by atoms with Crippen LogP contribution in [0.3, 0.4) is 0 Å². The Morgan fingerprint density at radius 2 is 2.12 bits per heavy atom. The zero-order valence-corrected chi connectivity index (χ0v) is 10.0. The van der Waals surface area contributed by atoms with Crippen molar-refractivity contribution in [3.63, 3.8) is 0 Å². The van der Waals surface area contributed by atoms with Crippen LogP contribution < -0.4 is 0 Å². The molecule has 0 saturated carbocycles. The largest absolute Gasteiger partial charge is 0.469 e. The van der Waals surface area contributed by atoms with Crippen molar-refractivity contribution < 1.29 is 9.53 Å². The smallest absolute Gasteiger partial charge is 0.313 e. The number of rotatable bonds is 3. The molecule has 0 saturated heterocycles. The first kappa shape index (κ1) is 11.6. The van der Waals surface area contributed by atoms with Crippen molar-refractivity contribution in [3.05, 3.63) is 42.2 Å². The van der Waals surface area contributed by atoms with Gasteiger partial charge in [-0.1, -0.05) is 31.2 Å². The molecule has 0 aliphatic carbocycles. The van der Waals surface area contributed by atoms with Crippen LogP contribution >= 0.6 is 0 Å². The summed E-state index contributed by atoms with van der Waals surface area (Å²) in [5.74, 6) is -0.441. The maximum Gasteiger partial charge on any atom is 0.313 e. The van der Waals surface area contributed by atoms with Crippen LogP contribution in [0.4, 0.5) is 0 Å². The standard InChI is InChI=1S/C14H15NO2/c1-3-11(14(16)17-2)13-9-15-8-10-6-4-5-7-12(10)13/h4-9,11H,3H2,1-2H3. The third kappa shape index (κ3) is 2.13. The van der Waals surface area contributed by atoms with Crippen LogP contribution in [0.5, 0.6) is 0 Å². The number of aromatic nitrogens is 1. The van der Waals surface area contributed by atoms with Crippen molar-refractivity contribution >= 4 is 16.7 Å². The van der Waals surface area contributed by atoms with E-state index in [9.17, 15) is 4.79 Å². The Labute approximate surface area is 100 Å². The zero-order chi connectivity index (χ0) is 12.3. The average Bonchev–Trinajstić information content (AvgIpc) is 2.39. The Hall–Kier alpha value is -1.90. The Bertz CT molecular complexity index is 531. The molecule has 0 fully saturated rings. The van der Waals surface area contributed by atoms with Gasteiger partial charge >= 0.3 is 5.97 Å². The fourth-order valence-corrected chi connectivity index (χ4v) is 2.07. The molecule has 0 aliphatic heterocycles. The van der Waals surface area contributed by atoms with Gasteiger partial charge in [0.2, 0.25) is 0 Å². The van der Waals surface area contributed by atoms with Crippen molar-refractivity contribution in [2.45, 2.75) is 19.3 Å². The van der Waals surface area contributed by atoms with Crippen LogP contribution in [-0.2, 0) is 9.53 Å². The highest BCUT2D eigenvalue weighted by molar-refractivity contribution is 5.90. The monoisotopic (exact) mass is 229 g/mol. The number of nitrogens with zero attached hydrogens (tertiary/aromatic N) is 1. The molecule has 3 heteroatoms. The van der Waals surface area contributed by atoms with Gasteiger partial charge in [0.25, 0.3) is 0 Å². The van der Waals surface area contributed by atoms with E-state index in [4.69, 9.17) is 4.74 Å². The second-order valence-electron chi connectivity index (χ2n) is 3.93. The number of hydrogen-bond acceptors (Lipinski definition) is 3. The number of carbonyl (C=O) groups is 1. The van der Waals surface area contributed by atoms with Crippen molar-refractivity contribution in [2.24, 2.45) is 0 Å². The lowest BCUT2D eigenvalue weighted by Gasteiger charge is -2.14. The molecular formula is C14H15NO2. The summed E-state index contributed by atoms with van der Waals surface area (Å²) in [6, 6.07) is 7.94. The first-order chi connectivity index (χ1) is 8.27. The van der Waals surface area contributed by atoms with E-state index in [0.717, 1.165) is 16.3 Å². The Morgan fingerprint density at radius 1 is 1.35 bits per heavy atom. The minimum Gasteiger partial charge on any atom is -0.469 e. The van der Waals surface area contributed by atoms with Gasteiger partial charge in [-0.15, -0.1) is 0 Å². The number of ether oxygens (including phenoxy) is 1. The van der Waals surface area contributed by atoms with Gasteiger partial charge in [0.1, 0.15) is 0 Å². The van der Waals surface area contributed by atoms with E-state index in [0.29, 0.717) is 6.42 Å². The first-order valence-electron chi connectivity index (χ1n) is 5.68. The molecule has 3 nitrogen and oxygen atoms in total. The lowest BCUT2D eigenvalue weighted by atomic mass is 9.94. The first-order valence-corrected chi connectivity index (χ1v) is 5.68. The van der Waals surface area contributed by atoms with E-state index in [1.54, 1.807) is 6.20 Å². The highest BCUT2D eigenvalue weighted by Gasteiger charge is 2.21. The summed E-state index contributed by atoms with van der Waals surface area (Å²) < 4.78 is 4.84. The van der Waals surface area contributed by atoms with Crippen LogP contribution in [0.2, 0.25) is 0 Å². The second-order valence-corrected chi connectivity index (χ2v) is 3.93. The predicted molar refractivity (Wildman–Crippen MR) is 66.8 cm³/mol. The van der Waals surface area contributed by atoms with Crippen molar-refractivity contribution in [2.75, 3.05) is 7.11 Å². The molecule has 0 aliphatic rings. The molecule has 88 valence electrons. The van der Waals surface area contributed by atoms with Gasteiger partial charge in [0, 0.05) is 17.8 Å². The fraction of sp³-hybridized carbons (Fsp3) is 0.286. The number of carbonyl (C=O) groups excluding carboxylic acids is 1. The van der Waals surface area contributed by atoms with Crippen molar-refractivity contribution in [3.8, 4) is 0 Å². The van der Waals surface area contributed by atoms with Gasteiger partial charge < -0.3 is 4.74 Å². The molecule has 0 radical (unpaired) electrons. The van der Waals surface area contributed by atoms with Crippen LogP contribution in [0.1, 0.15) is 24.8 Å². The molecule has 2 aromatic rings. The third-order valence-corrected chi connectivity index (χ3v) is 2.97. The maximum absolute atomic E-state index is 11.7. The normalized spacial score (nSPS) is 12.4. The number of hydrogen-bond donors (Lipinski definition) is 0. The Kier molecular flexibility index (Phi) is 3.38. The van der Waals surface area contributed by atoms with E-state index in [1.165, 1.54) is 7.11 Å². The van der Waals surface area contributed by atoms with Crippen LogP contribution in [0, 0.1) is 0 Å². The van der Waals surface area contributed by atoms with Crippen molar-refractivity contribution in [1.29, 1.82) is 0 Å². The highest BCUT2D eigenvalue weighted by Crippen LogP contribution is 2.27. The average molecular weight is 229 g/mol. The molecule has 0 amide bonds. The minimum atomic E-state index is -0.237. The highest BCUT2D eigenvalue weighted by atomic mass is 16.5. The Morgan fingerprint density at radius 3 is 2.82 bits per heavy atom. The summed E-state index contributed by atoms with van der Waals surface area (Å²) >= 11 is 0. The summed E-state index contributed by atoms with van der Waals surface area (Å²) in [6.07, 6.45) is 4.28. The zero-order valence-electron chi connectivity index (χ0n) is 10.0. The molecule has 0 N–H and O–H groups in total. The second kappa shape index (κ2) is 4.95. The lowest BCUT2D eigenvalue weighted by molar-refractivity contribution is -0.142.